The molecule has 2 aromatic carbocycles. The van der Waals surface area contributed by atoms with Crippen LogP contribution in [0.15, 0.2) is 53.7 Å². The van der Waals surface area contributed by atoms with E-state index in [2.05, 4.69) is 31.4 Å². The fourth-order valence-corrected chi connectivity index (χ4v) is 9.08. The first-order valence-electron chi connectivity index (χ1n) is 18.9. The van der Waals surface area contributed by atoms with Crippen molar-refractivity contribution >= 4 is 56.9 Å². The van der Waals surface area contributed by atoms with Crippen LogP contribution in [0, 0.1) is 5.92 Å². The van der Waals surface area contributed by atoms with Crippen LogP contribution in [0.4, 0.5) is 5.69 Å². The third kappa shape index (κ3) is 7.08. The average molecular weight is 769 g/mol. The Bertz CT molecular complexity index is 2350. The zero-order valence-electron chi connectivity index (χ0n) is 31.2. The lowest BCUT2D eigenvalue weighted by molar-refractivity contribution is -0.135. The minimum absolute atomic E-state index is 0.198. The third-order valence-corrected chi connectivity index (χ3v) is 12.0. The molecular formula is C40H45ClN8O6. The van der Waals surface area contributed by atoms with E-state index >= 15 is 0 Å². The zero-order chi connectivity index (χ0) is 38.4. The van der Waals surface area contributed by atoms with Gasteiger partial charge in [-0.25, -0.2) is 4.79 Å². The summed E-state index contributed by atoms with van der Waals surface area (Å²) in [6.45, 7) is 2.95. The number of likely N-dealkylation sites (tertiary alicyclic amines) is 1. The lowest BCUT2D eigenvalue weighted by Crippen LogP contribution is -2.44. The lowest BCUT2D eigenvalue weighted by Gasteiger charge is -2.37. The number of carbonyl (C=O) groups excluding carboxylic acids is 3. The molecule has 288 valence electrons. The number of rotatable bonds is 9. The van der Waals surface area contributed by atoms with Gasteiger partial charge in [-0.1, -0.05) is 11.6 Å². The standard InChI is InChI=1S/C40H45ClN8O6/c1-46-37-31(49(40(46)53)32-9-11-35(50)44-39(32)52)8-10-33(54-2)36(37)24-12-14-47(15-13-24)21-23-4-6-28(7-5-23)48-22-26-17-30(34(55-3)18-29(26)45-48)43-38(51)25-16-27(41)20-42-19-25/h8,10,16-20,22-24,28,32H,4-7,9,11-15,21H2,1-3H3,(H,43,51)(H,44,50,52)/t23-,28-,32-/m0/s1. The molecule has 14 nitrogen and oxygen atoms in total. The molecule has 1 atom stereocenters. The molecule has 2 saturated heterocycles. The fraction of sp³-hybridized carbons (Fsp3) is 0.450. The Morgan fingerprint density at radius 1 is 0.964 bits per heavy atom. The maximum absolute atomic E-state index is 13.6. The highest BCUT2D eigenvalue weighted by atomic mass is 35.5. The van der Waals surface area contributed by atoms with Crippen LogP contribution < -0.4 is 25.8 Å². The number of methoxy groups -OCH3 is 2. The number of anilines is 1. The minimum atomic E-state index is -0.728. The van der Waals surface area contributed by atoms with Crippen LogP contribution in [0.3, 0.4) is 0 Å². The van der Waals surface area contributed by atoms with Crippen molar-refractivity contribution in [3.63, 3.8) is 0 Å². The third-order valence-electron chi connectivity index (χ3n) is 11.7. The first kappa shape index (κ1) is 36.8. The van der Waals surface area contributed by atoms with Crippen LogP contribution >= 0.6 is 11.6 Å². The van der Waals surface area contributed by atoms with Crippen molar-refractivity contribution in [2.75, 3.05) is 39.2 Å². The van der Waals surface area contributed by atoms with Gasteiger partial charge < -0.3 is 19.7 Å². The monoisotopic (exact) mass is 768 g/mol. The quantitative estimate of drug-likeness (QED) is 0.183. The molecular weight excluding hydrogens is 724 g/mol. The van der Waals surface area contributed by atoms with Crippen molar-refractivity contribution in [1.82, 2.24) is 34.1 Å². The number of aromatic nitrogens is 5. The number of nitrogens with one attached hydrogen (secondary N) is 2. The molecule has 3 fully saturated rings. The number of benzene rings is 2. The van der Waals surface area contributed by atoms with Crippen LogP contribution in [-0.4, -0.2) is 80.4 Å². The van der Waals surface area contributed by atoms with E-state index in [0.29, 0.717) is 45.9 Å². The molecule has 0 radical (unpaired) electrons. The van der Waals surface area contributed by atoms with E-state index in [1.807, 2.05) is 24.3 Å². The Hall–Kier alpha value is -5.21. The highest BCUT2D eigenvalue weighted by Crippen LogP contribution is 2.41. The van der Waals surface area contributed by atoms with Crippen molar-refractivity contribution in [3.8, 4) is 11.5 Å². The Labute approximate surface area is 322 Å². The molecule has 2 N–H and O–H groups in total. The Kier molecular flexibility index (Phi) is 10.1. The van der Waals surface area contributed by atoms with E-state index in [1.54, 1.807) is 36.5 Å². The van der Waals surface area contributed by atoms with Gasteiger partial charge in [-0.3, -0.25) is 38.5 Å². The first-order chi connectivity index (χ1) is 26.6. The van der Waals surface area contributed by atoms with Crippen LogP contribution in [0.25, 0.3) is 21.9 Å². The van der Waals surface area contributed by atoms with Gasteiger partial charge in [0.15, 0.2) is 0 Å². The topological polar surface area (TPSA) is 155 Å². The molecule has 1 aliphatic carbocycles. The second-order valence-corrected chi connectivity index (χ2v) is 15.5. The van der Waals surface area contributed by atoms with Crippen LogP contribution in [0.2, 0.25) is 5.02 Å². The van der Waals surface area contributed by atoms with Crippen molar-refractivity contribution in [2.45, 2.75) is 69.4 Å². The number of ether oxygens (including phenoxy) is 2. The molecule has 3 aromatic heterocycles. The van der Waals surface area contributed by atoms with Gasteiger partial charge in [0.25, 0.3) is 5.91 Å². The summed E-state index contributed by atoms with van der Waals surface area (Å²) in [5.41, 5.74) is 3.96. The smallest absolute Gasteiger partial charge is 0.329 e. The number of carbonyl (C=O) groups is 3. The second kappa shape index (κ2) is 15.1. The zero-order valence-corrected chi connectivity index (χ0v) is 32.0. The largest absolute Gasteiger partial charge is 0.496 e. The summed E-state index contributed by atoms with van der Waals surface area (Å²) in [4.78, 5) is 57.7. The van der Waals surface area contributed by atoms with Gasteiger partial charge in [0.05, 0.1) is 53.1 Å². The summed E-state index contributed by atoms with van der Waals surface area (Å²) in [6, 6.07) is 8.65. The normalized spacial score (nSPS) is 21.2. The fourth-order valence-electron chi connectivity index (χ4n) is 8.90. The van der Waals surface area contributed by atoms with Gasteiger partial charge in [0, 0.05) is 55.6 Å². The van der Waals surface area contributed by atoms with E-state index in [1.165, 1.54) is 12.4 Å². The van der Waals surface area contributed by atoms with E-state index in [0.717, 1.165) is 85.9 Å². The van der Waals surface area contributed by atoms with Gasteiger partial charge in [-0.15, -0.1) is 0 Å². The van der Waals surface area contributed by atoms with Crippen molar-refractivity contribution < 1.29 is 23.9 Å². The lowest BCUT2D eigenvalue weighted by atomic mass is 9.84. The van der Waals surface area contributed by atoms with E-state index < -0.39 is 11.9 Å². The molecule has 5 heterocycles. The minimum Gasteiger partial charge on any atom is -0.496 e. The molecule has 55 heavy (non-hydrogen) atoms. The van der Waals surface area contributed by atoms with Gasteiger partial charge in [0.2, 0.25) is 11.8 Å². The Morgan fingerprint density at radius 2 is 1.73 bits per heavy atom. The molecule has 0 spiro atoms. The van der Waals surface area contributed by atoms with Gasteiger partial charge in [-0.2, -0.15) is 5.10 Å². The molecule has 3 amide bonds. The number of piperidine rings is 2. The van der Waals surface area contributed by atoms with E-state index in [4.69, 9.17) is 26.2 Å². The predicted molar refractivity (Wildman–Crippen MR) is 208 cm³/mol. The number of amides is 3. The molecule has 3 aliphatic rings. The highest BCUT2D eigenvalue weighted by Gasteiger charge is 2.34. The van der Waals surface area contributed by atoms with Gasteiger partial charge >= 0.3 is 5.69 Å². The van der Waals surface area contributed by atoms with Gasteiger partial charge in [-0.05, 0) is 94.1 Å². The number of pyridine rings is 1. The number of fused-ring (bicyclic) bond motifs is 2. The van der Waals surface area contributed by atoms with Crippen molar-refractivity contribution in [1.29, 1.82) is 0 Å². The van der Waals surface area contributed by atoms with Crippen LogP contribution in [0.5, 0.6) is 11.5 Å². The number of nitrogens with zero attached hydrogens (tertiary/aromatic N) is 6. The number of aryl methyl sites for hydroxylation is 1. The number of halogens is 1. The average Bonchev–Trinajstić information content (AvgIpc) is 3.71. The van der Waals surface area contributed by atoms with Gasteiger partial charge in [0.1, 0.15) is 17.5 Å². The number of hydrogen-bond donors (Lipinski definition) is 2. The summed E-state index contributed by atoms with van der Waals surface area (Å²) in [6.07, 6.45) is 11.7. The van der Waals surface area contributed by atoms with E-state index in [-0.39, 0.29) is 29.8 Å². The second-order valence-electron chi connectivity index (χ2n) is 15.0. The Morgan fingerprint density at radius 3 is 2.44 bits per heavy atom. The molecule has 5 aromatic rings. The molecule has 1 saturated carbocycles. The molecule has 0 bridgehead atoms. The van der Waals surface area contributed by atoms with E-state index in [9.17, 15) is 19.2 Å². The summed E-state index contributed by atoms with van der Waals surface area (Å²) in [5.74, 6) is 1.01. The molecule has 15 heteroatoms. The SMILES string of the molecule is COc1cc2nn([C@H]3CC[C@H](CN4CCC(c5c(OC)ccc6c5n(C)c(=O)n6[C@H]5CCC(=O)NC5=O)CC4)CC3)cc2cc1NC(=O)c1cncc(Cl)c1. The number of hydrogen-bond acceptors (Lipinski definition) is 9. The number of imidazole rings is 1. The molecule has 8 rings (SSSR count). The van der Waals surface area contributed by atoms with Crippen LogP contribution in [0.1, 0.15) is 85.3 Å². The summed E-state index contributed by atoms with van der Waals surface area (Å²) < 4.78 is 16.7. The summed E-state index contributed by atoms with van der Waals surface area (Å²) in [7, 11) is 4.98. The van der Waals surface area contributed by atoms with Crippen LogP contribution in [-0.2, 0) is 16.6 Å². The first-order valence-corrected chi connectivity index (χ1v) is 19.3. The predicted octanol–water partition coefficient (Wildman–Crippen LogP) is 5.60. The number of imide groups is 1. The molecule has 0 unspecified atom stereocenters. The highest BCUT2D eigenvalue weighted by molar-refractivity contribution is 6.30. The summed E-state index contributed by atoms with van der Waals surface area (Å²) in [5, 5.41) is 11.6. The summed E-state index contributed by atoms with van der Waals surface area (Å²) >= 11 is 6.04. The Balaban J connectivity index is 0.902. The van der Waals surface area contributed by atoms with Crippen molar-refractivity contribution in [2.24, 2.45) is 13.0 Å². The molecule has 2 aliphatic heterocycles. The maximum Gasteiger partial charge on any atom is 0.329 e. The maximum atomic E-state index is 13.6. The van der Waals surface area contributed by atoms with Crippen molar-refractivity contribution in [3.05, 3.63) is 75.6 Å².